The van der Waals surface area contributed by atoms with E-state index in [0.29, 0.717) is 0 Å². The van der Waals surface area contributed by atoms with Gasteiger partial charge in [-0.3, -0.25) is 0 Å². The molecule has 2 radical (unpaired) electrons. The molecule has 98 valence electrons. The number of hydrogen-bond donors (Lipinski definition) is 0. The van der Waals surface area contributed by atoms with E-state index in [2.05, 4.69) is 0 Å². The maximum absolute atomic E-state index is 9.53. The third-order valence-electron chi connectivity index (χ3n) is 1.49. The Bertz CT molecular complexity index is 53.0. The monoisotopic (exact) mass is 428 g/mol. The maximum Gasteiger partial charge on any atom is 3.00 e. The Kier molecular flexibility index (Phi) is 57.6. The average Bonchev–Trinajstić information content (AvgIpc) is 2.23. The molecule has 0 aliphatic heterocycles. The summed E-state index contributed by atoms with van der Waals surface area (Å²) in [6, 6.07) is 0. The van der Waals surface area contributed by atoms with Gasteiger partial charge in [-0.2, -0.15) is 0 Å². The predicted octanol–water partition coefficient (Wildman–Crippen LogP) is 0.0596. The topological polar surface area (TPSA) is 69.2 Å². The van der Waals surface area contributed by atoms with Gasteiger partial charge in [-0.1, -0.05) is 59.3 Å². The zero-order valence-corrected chi connectivity index (χ0v) is 14.5. The largest absolute Gasteiger partial charge is 3.00 e. The molecule has 0 unspecified atom stereocenters. The molecule has 16 heavy (non-hydrogen) atoms. The molecule has 0 aromatic rings. The van der Waals surface area contributed by atoms with Crippen LogP contribution in [0, 0.1) is 0 Å². The van der Waals surface area contributed by atoms with Crippen molar-refractivity contribution in [2.45, 2.75) is 59.3 Å². The van der Waals surface area contributed by atoms with Gasteiger partial charge in [0.15, 0.2) is 0 Å². The van der Waals surface area contributed by atoms with Gasteiger partial charge in [-0.25, -0.2) is 0 Å². The van der Waals surface area contributed by atoms with Crippen molar-refractivity contribution < 1.29 is 15.3 Å². The second-order valence-corrected chi connectivity index (χ2v) is 3.17. The smallest absolute Gasteiger partial charge is 0.854 e. The molecule has 0 aliphatic rings. The van der Waals surface area contributed by atoms with E-state index in [0.717, 1.165) is 38.5 Å². The Morgan fingerprint density at radius 3 is 0.750 bits per heavy atom. The first kappa shape index (κ1) is 25.6. The minimum absolute atomic E-state index is 0. The molecule has 0 aromatic carbocycles. The summed E-state index contributed by atoms with van der Waals surface area (Å²) >= 11 is 0. The molecular formula is C12H27BiO3. The molecule has 0 aromatic heterocycles. The van der Waals surface area contributed by atoms with Crippen LogP contribution in [0.3, 0.4) is 0 Å². The summed E-state index contributed by atoms with van der Waals surface area (Å²) in [5, 5.41) is 28.6. The fourth-order valence-corrected chi connectivity index (χ4v) is 0.433. The standard InChI is InChI=1S/3C4H9O.Bi/c3*1-2-3-4-5;/h3*2-4H2,1H3;/q3*-1;+3. The van der Waals surface area contributed by atoms with Crippen LogP contribution in [-0.2, 0) is 0 Å². The minimum atomic E-state index is 0. The second-order valence-electron chi connectivity index (χ2n) is 3.17. The van der Waals surface area contributed by atoms with Crippen LogP contribution in [0.15, 0.2) is 0 Å². The van der Waals surface area contributed by atoms with Gasteiger partial charge >= 0.3 is 26.2 Å². The van der Waals surface area contributed by atoms with E-state index in [4.69, 9.17) is 0 Å². The molecule has 0 atom stereocenters. The van der Waals surface area contributed by atoms with E-state index < -0.39 is 0 Å². The summed E-state index contributed by atoms with van der Waals surface area (Å²) in [5.74, 6) is 0. The fraction of sp³-hybridized carbons (Fsp3) is 1.00. The van der Waals surface area contributed by atoms with Crippen LogP contribution in [0.25, 0.3) is 0 Å². The predicted molar refractivity (Wildman–Crippen MR) is 65.1 cm³/mol. The van der Waals surface area contributed by atoms with Crippen molar-refractivity contribution in [1.82, 2.24) is 0 Å². The number of rotatable bonds is 6. The molecule has 0 fully saturated rings. The van der Waals surface area contributed by atoms with Gasteiger partial charge < -0.3 is 15.3 Å². The van der Waals surface area contributed by atoms with Crippen LogP contribution < -0.4 is 15.3 Å². The summed E-state index contributed by atoms with van der Waals surface area (Å²) in [7, 11) is 0. The SMILES string of the molecule is CCCC[O-].CCCC[O-].CCCC[O-].[Bi+3]. The Morgan fingerprint density at radius 2 is 0.750 bits per heavy atom. The Balaban J connectivity index is -0.0000000655. The summed E-state index contributed by atoms with van der Waals surface area (Å²) in [6.45, 7) is 6.32. The normalized spacial score (nSPS) is 7.88. The molecule has 0 saturated heterocycles. The van der Waals surface area contributed by atoms with E-state index in [1.807, 2.05) is 20.8 Å². The van der Waals surface area contributed by atoms with Crippen LogP contribution in [0.5, 0.6) is 0 Å². The third-order valence-corrected chi connectivity index (χ3v) is 1.49. The molecular weight excluding hydrogens is 401 g/mol. The van der Waals surface area contributed by atoms with Crippen LogP contribution in [0.4, 0.5) is 0 Å². The Labute approximate surface area is 120 Å². The second kappa shape index (κ2) is 36.0. The number of hydrogen-bond acceptors (Lipinski definition) is 3. The maximum atomic E-state index is 9.53. The fourth-order valence-electron chi connectivity index (χ4n) is 0.433. The molecule has 0 saturated carbocycles. The molecule has 4 heteroatoms. The van der Waals surface area contributed by atoms with Crippen molar-refractivity contribution in [1.29, 1.82) is 0 Å². The van der Waals surface area contributed by atoms with Crippen molar-refractivity contribution >= 4 is 26.2 Å². The Morgan fingerprint density at radius 1 is 0.562 bits per heavy atom. The summed E-state index contributed by atoms with van der Waals surface area (Å²) in [6.07, 6.45) is 5.59. The molecule has 0 bridgehead atoms. The van der Waals surface area contributed by atoms with E-state index in [1.165, 1.54) is 0 Å². The zero-order valence-electron chi connectivity index (χ0n) is 11.0. The van der Waals surface area contributed by atoms with Gasteiger partial charge in [-0.05, 0) is 0 Å². The van der Waals surface area contributed by atoms with Gasteiger partial charge in [0.2, 0.25) is 0 Å². The first-order valence-corrected chi connectivity index (χ1v) is 5.99. The van der Waals surface area contributed by atoms with E-state index in [9.17, 15) is 15.3 Å². The van der Waals surface area contributed by atoms with Crippen molar-refractivity contribution in [3.05, 3.63) is 0 Å². The molecule has 0 heterocycles. The van der Waals surface area contributed by atoms with E-state index >= 15 is 0 Å². The van der Waals surface area contributed by atoms with Crippen LogP contribution in [-0.4, -0.2) is 46.0 Å². The molecule has 0 rings (SSSR count). The Hall–Kier alpha value is 0.763. The third kappa shape index (κ3) is 61.1. The van der Waals surface area contributed by atoms with Gasteiger partial charge in [-0.15, -0.1) is 19.8 Å². The van der Waals surface area contributed by atoms with Gasteiger partial charge in [0.1, 0.15) is 0 Å². The molecule has 0 N–H and O–H groups in total. The van der Waals surface area contributed by atoms with Crippen LogP contribution in [0.1, 0.15) is 59.3 Å². The first-order valence-electron chi connectivity index (χ1n) is 5.99. The van der Waals surface area contributed by atoms with Crippen molar-refractivity contribution in [3.63, 3.8) is 0 Å². The van der Waals surface area contributed by atoms with E-state index in [-0.39, 0.29) is 46.0 Å². The van der Waals surface area contributed by atoms with Gasteiger partial charge in [0.05, 0.1) is 0 Å². The molecule has 0 amide bonds. The van der Waals surface area contributed by atoms with E-state index in [1.54, 1.807) is 0 Å². The number of unbranched alkanes of at least 4 members (excludes halogenated alkanes) is 3. The van der Waals surface area contributed by atoms with Crippen molar-refractivity contribution in [2.75, 3.05) is 19.8 Å². The minimum Gasteiger partial charge on any atom is -0.854 e. The molecule has 3 nitrogen and oxygen atoms in total. The first-order chi connectivity index (χ1) is 7.24. The van der Waals surface area contributed by atoms with Gasteiger partial charge in [0.25, 0.3) is 0 Å². The zero-order chi connectivity index (χ0) is 12.4. The quantitative estimate of drug-likeness (QED) is 0.562. The van der Waals surface area contributed by atoms with Crippen molar-refractivity contribution in [3.8, 4) is 0 Å². The van der Waals surface area contributed by atoms with Crippen LogP contribution in [0.2, 0.25) is 0 Å². The molecule has 0 spiro atoms. The average molecular weight is 428 g/mol. The summed E-state index contributed by atoms with van der Waals surface area (Å²) < 4.78 is 0. The van der Waals surface area contributed by atoms with Crippen LogP contribution >= 0.6 is 0 Å². The summed E-state index contributed by atoms with van der Waals surface area (Å²) in [4.78, 5) is 0. The van der Waals surface area contributed by atoms with Crippen molar-refractivity contribution in [2.24, 2.45) is 0 Å². The summed E-state index contributed by atoms with van der Waals surface area (Å²) in [5.41, 5.74) is 0. The molecule has 0 aliphatic carbocycles. The van der Waals surface area contributed by atoms with Gasteiger partial charge in [0, 0.05) is 0 Å².